The minimum absolute atomic E-state index is 0.0973. The zero-order chi connectivity index (χ0) is 18.4. The molecule has 0 heterocycles. The molecule has 0 aromatic rings. The number of unbranched alkanes of at least 4 members (excludes halogenated alkanes) is 7. The number of hydrogen-bond donors (Lipinski definition) is 2. The Hall–Kier alpha value is -1.17. The van der Waals surface area contributed by atoms with Crippen molar-refractivity contribution in [3.8, 4) is 0 Å². The van der Waals surface area contributed by atoms with Crippen molar-refractivity contribution in [2.24, 2.45) is 0 Å². The van der Waals surface area contributed by atoms with Crippen molar-refractivity contribution < 1.29 is 33.4 Å². The first-order valence-electron chi connectivity index (χ1n) is 8.30. The molecule has 0 amide bonds. The van der Waals surface area contributed by atoms with E-state index in [9.17, 15) is 19.0 Å². The molecule has 0 rings (SSSR count). The van der Waals surface area contributed by atoms with E-state index in [4.69, 9.17) is 14.4 Å². The predicted octanol–water partition coefficient (Wildman–Crippen LogP) is 3.51. The molecule has 0 saturated heterocycles. The molecule has 0 aliphatic carbocycles. The van der Waals surface area contributed by atoms with Crippen molar-refractivity contribution >= 4 is 19.5 Å². The Bertz CT molecular complexity index is 436. The highest BCUT2D eigenvalue weighted by atomic mass is 31.2. The maximum absolute atomic E-state index is 11.6. The van der Waals surface area contributed by atoms with E-state index in [-0.39, 0.29) is 12.6 Å². The van der Waals surface area contributed by atoms with Crippen LogP contribution in [0, 0.1) is 0 Å². The van der Waals surface area contributed by atoms with Crippen LogP contribution < -0.4 is 0 Å². The van der Waals surface area contributed by atoms with Gasteiger partial charge in [-0.05, 0) is 19.8 Å². The molecule has 0 fully saturated rings. The van der Waals surface area contributed by atoms with Crippen LogP contribution in [0.15, 0.2) is 12.7 Å². The fourth-order valence-corrected chi connectivity index (χ4v) is 2.84. The van der Waals surface area contributed by atoms with Crippen LogP contribution in [0.4, 0.5) is 0 Å². The van der Waals surface area contributed by atoms with Gasteiger partial charge < -0.3 is 19.3 Å². The zero-order valence-corrected chi connectivity index (χ0v) is 15.2. The van der Waals surface area contributed by atoms with E-state index < -0.39 is 19.2 Å². The van der Waals surface area contributed by atoms with Crippen LogP contribution >= 0.6 is 7.60 Å². The van der Waals surface area contributed by atoms with Crippen LogP contribution in [0.5, 0.6) is 0 Å². The number of esters is 1. The second kappa shape index (κ2) is 13.2. The third-order valence-electron chi connectivity index (χ3n) is 3.57. The summed E-state index contributed by atoms with van der Waals surface area (Å²) in [7, 11) is -4.07. The Kier molecular flexibility index (Phi) is 12.5. The lowest BCUT2D eigenvalue weighted by atomic mass is 10.1. The predicted molar refractivity (Wildman–Crippen MR) is 91.0 cm³/mol. The summed E-state index contributed by atoms with van der Waals surface area (Å²) in [6.45, 7) is 5.02. The number of carboxylic acid groups (broad SMARTS) is 1. The summed E-state index contributed by atoms with van der Waals surface area (Å²) in [6.07, 6.45) is 8.74. The number of rotatable bonds is 15. The van der Waals surface area contributed by atoms with Crippen molar-refractivity contribution in [1.82, 2.24) is 0 Å². The molecular weight excluding hydrogens is 335 g/mol. The van der Waals surface area contributed by atoms with Crippen LogP contribution in [-0.2, 0) is 23.4 Å². The van der Waals surface area contributed by atoms with Gasteiger partial charge in [-0.3, -0.25) is 9.36 Å². The normalized spacial score (nSPS) is 14.6. The first-order valence-corrected chi connectivity index (χ1v) is 9.95. The molecular formula is C16H29O7P. The Morgan fingerprint density at radius 3 is 1.96 bits per heavy atom. The third-order valence-corrected chi connectivity index (χ3v) is 5.33. The summed E-state index contributed by atoms with van der Waals surface area (Å²) < 4.78 is 21.3. The number of aliphatic carboxylic acids is 1. The highest BCUT2D eigenvalue weighted by Crippen LogP contribution is 2.47. The molecule has 2 unspecified atom stereocenters. The molecule has 0 saturated carbocycles. The number of carbonyl (C=O) groups excluding carboxylic acids is 1. The van der Waals surface area contributed by atoms with Gasteiger partial charge in [0.2, 0.25) is 0 Å². The van der Waals surface area contributed by atoms with Gasteiger partial charge in [-0.2, -0.15) is 0 Å². The molecule has 2 N–H and O–H groups in total. The number of carboxylic acids is 1. The van der Waals surface area contributed by atoms with Crippen LogP contribution in [0.1, 0.15) is 58.3 Å². The molecule has 0 bridgehead atoms. The van der Waals surface area contributed by atoms with Gasteiger partial charge in [0, 0.05) is 6.08 Å². The quantitative estimate of drug-likeness (QED) is 0.198. The first-order chi connectivity index (χ1) is 11.3. The Morgan fingerprint density at radius 2 is 1.50 bits per heavy atom. The van der Waals surface area contributed by atoms with Gasteiger partial charge in [-0.1, -0.05) is 45.1 Å². The van der Waals surface area contributed by atoms with Crippen molar-refractivity contribution in [2.45, 2.75) is 63.9 Å². The molecule has 7 nitrogen and oxygen atoms in total. The lowest BCUT2D eigenvalue weighted by Gasteiger charge is -2.15. The molecule has 0 aromatic carbocycles. The summed E-state index contributed by atoms with van der Waals surface area (Å²) in [6, 6.07) is 0. The summed E-state index contributed by atoms with van der Waals surface area (Å²) in [5.41, 5.74) is -1.40. The molecule has 140 valence electrons. The van der Waals surface area contributed by atoms with Crippen LogP contribution in [0.3, 0.4) is 0 Å². The minimum atomic E-state index is -4.07. The number of carbonyl (C=O) groups is 2. The topological polar surface area (TPSA) is 110 Å². The summed E-state index contributed by atoms with van der Waals surface area (Å²) in [5.74, 6) is -1.72. The van der Waals surface area contributed by atoms with Crippen molar-refractivity contribution in [2.75, 3.05) is 13.2 Å². The van der Waals surface area contributed by atoms with Crippen LogP contribution in [0.2, 0.25) is 0 Å². The fraction of sp³-hybridized carbons (Fsp3) is 0.750. The van der Waals surface area contributed by atoms with Crippen molar-refractivity contribution in [3.05, 3.63) is 12.7 Å². The van der Waals surface area contributed by atoms with Crippen LogP contribution in [-0.4, -0.2) is 40.8 Å². The van der Waals surface area contributed by atoms with Gasteiger partial charge in [0.15, 0.2) is 5.66 Å². The summed E-state index contributed by atoms with van der Waals surface area (Å²) >= 11 is 0. The van der Waals surface area contributed by atoms with E-state index in [1.165, 1.54) is 6.92 Å². The maximum Gasteiger partial charge on any atom is 0.342 e. The standard InChI is InChI=1S/C16H29O7P/c1-3-15(17)22-12-10-8-6-4-5-7-9-11-13-23-24(20,21)14(2)16(18)19/h3,14H,1,4-13H2,2H3,(H,18,19)(H,20,21). The molecule has 0 aliphatic rings. The third kappa shape index (κ3) is 11.4. The van der Waals surface area contributed by atoms with Gasteiger partial charge >= 0.3 is 19.5 Å². The van der Waals surface area contributed by atoms with Gasteiger partial charge in [-0.25, -0.2) is 4.79 Å². The zero-order valence-electron chi connectivity index (χ0n) is 14.3. The summed E-state index contributed by atoms with van der Waals surface area (Å²) in [4.78, 5) is 30.9. The monoisotopic (exact) mass is 364 g/mol. The molecule has 2 atom stereocenters. The molecule has 0 spiro atoms. The molecule has 8 heteroatoms. The van der Waals surface area contributed by atoms with E-state index in [0.29, 0.717) is 13.0 Å². The Balaban J connectivity index is 3.43. The molecule has 0 radical (unpaired) electrons. The average molecular weight is 364 g/mol. The smallest absolute Gasteiger partial charge is 0.342 e. The molecule has 24 heavy (non-hydrogen) atoms. The van der Waals surface area contributed by atoms with E-state index in [1.807, 2.05) is 0 Å². The minimum Gasteiger partial charge on any atom is -0.481 e. The Morgan fingerprint density at radius 1 is 1.04 bits per heavy atom. The maximum atomic E-state index is 11.6. The van der Waals surface area contributed by atoms with Crippen molar-refractivity contribution in [1.29, 1.82) is 0 Å². The Labute approximate surface area is 143 Å². The van der Waals surface area contributed by atoms with E-state index >= 15 is 0 Å². The van der Waals surface area contributed by atoms with E-state index in [2.05, 4.69) is 6.58 Å². The lowest BCUT2D eigenvalue weighted by molar-refractivity contribution is -0.138. The average Bonchev–Trinajstić information content (AvgIpc) is 2.54. The van der Waals surface area contributed by atoms with E-state index in [0.717, 1.165) is 51.0 Å². The largest absolute Gasteiger partial charge is 0.481 e. The highest BCUT2D eigenvalue weighted by molar-refractivity contribution is 7.54. The van der Waals surface area contributed by atoms with E-state index in [1.54, 1.807) is 0 Å². The fourth-order valence-electron chi connectivity index (χ4n) is 1.94. The van der Waals surface area contributed by atoms with Gasteiger partial charge in [-0.15, -0.1) is 0 Å². The highest BCUT2D eigenvalue weighted by Gasteiger charge is 2.34. The van der Waals surface area contributed by atoms with Gasteiger partial charge in [0.25, 0.3) is 0 Å². The first kappa shape index (κ1) is 22.8. The van der Waals surface area contributed by atoms with Crippen LogP contribution in [0.25, 0.3) is 0 Å². The number of hydrogen-bond acceptors (Lipinski definition) is 5. The van der Waals surface area contributed by atoms with Gasteiger partial charge in [0.1, 0.15) is 0 Å². The van der Waals surface area contributed by atoms with Crippen molar-refractivity contribution in [3.63, 3.8) is 0 Å². The van der Waals surface area contributed by atoms with Gasteiger partial charge in [0.05, 0.1) is 13.2 Å². The molecule has 0 aliphatic heterocycles. The second-order valence-electron chi connectivity index (χ2n) is 5.61. The second-order valence-corrected chi connectivity index (χ2v) is 7.77. The number of ether oxygens (including phenoxy) is 1. The lowest BCUT2D eigenvalue weighted by Crippen LogP contribution is -2.17. The summed E-state index contributed by atoms with van der Waals surface area (Å²) in [5, 5.41) is 8.69. The molecule has 0 aromatic heterocycles. The SMILES string of the molecule is C=CC(=O)OCCCCCCCCCCOP(=O)(O)C(C)C(=O)O.